The van der Waals surface area contributed by atoms with Gasteiger partial charge in [0.1, 0.15) is 0 Å². The molecule has 3 aromatic carbocycles. The van der Waals surface area contributed by atoms with E-state index < -0.39 is 5.60 Å². The second kappa shape index (κ2) is 12.0. The molecule has 0 aliphatic carbocycles. The molecule has 0 aromatic heterocycles. The minimum absolute atomic E-state index is 0.189. The van der Waals surface area contributed by atoms with Crippen molar-refractivity contribution in [3.05, 3.63) is 108 Å². The molecule has 0 spiro atoms. The van der Waals surface area contributed by atoms with E-state index in [1.165, 1.54) is 5.56 Å². The van der Waals surface area contributed by atoms with Crippen LogP contribution in [0.15, 0.2) is 91.0 Å². The first-order valence-corrected chi connectivity index (χ1v) is 10.8. The topological polar surface area (TPSA) is 44.8 Å². The van der Waals surface area contributed by atoms with E-state index in [1.807, 2.05) is 72.8 Å². The molecule has 1 fully saturated rings. The summed E-state index contributed by atoms with van der Waals surface area (Å²) in [5.41, 5.74) is 2.04. The summed E-state index contributed by atoms with van der Waals surface area (Å²) in [4.78, 5) is 12.7. The number of hydrogen-bond donors (Lipinski definition) is 0. The van der Waals surface area contributed by atoms with Crippen molar-refractivity contribution in [1.29, 1.82) is 0 Å². The lowest BCUT2D eigenvalue weighted by Crippen LogP contribution is -2.48. The van der Waals surface area contributed by atoms with Crippen molar-refractivity contribution in [2.24, 2.45) is 0 Å². The van der Waals surface area contributed by atoms with Gasteiger partial charge < -0.3 is 14.2 Å². The average Bonchev–Trinajstić information content (AvgIpc) is 2.85. The molecular weight excluding hydrogens is 388 g/mol. The Morgan fingerprint density at radius 2 is 1.45 bits per heavy atom. The van der Waals surface area contributed by atoms with Crippen LogP contribution in [0.1, 0.15) is 23.6 Å². The van der Waals surface area contributed by atoms with Gasteiger partial charge in [0.15, 0.2) is 0 Å². The van der Waals surface area contributed by atoms with Crippen LogP contribution in [-0.4, -0.2) is 32.4 Å². The van der Waals surface area contributed by atoms with Crippen LogP contribution in [0.5, 0.6) is 0 Å². The number of esters is 1. The van der Waals surface area contributed by atoms with Crippen LogP contribution >= 0.6 is 0 Å². The molecular formula is C27H30O4. The fourth-order valence-corrected chi connectivity index (χ4v) is 3.60. The van der Waals surface area contributed by atoms with Crippen LogP contribution in [0.25, 0.3) is 0 Å². The lowest BCUT2D eigenvalue weighted by molar-refractivity contribution is -0.202. The monoisotopic (exact) mass is 418 g/mol. The van der Waals surface area contributed by atoms with Gasteiger partial charge in [0.25, 0.3) is 0 Å². The highest BCUT2D eigenvalue weighted by atomic mass is 16.6. The van der Waals surface area contributed by atoms with Crippen LogP contribution in [0.4, 0.5) is 0 Å². The highest BCUT2D eigenvalue weighted by molar-refractivity contribution is 5.82. The SMILES string of the molecule is CCOC(=O)C1(c2ccccc2CCc2ccccc2)COCCO1.c1ccccc1. The van der Waals surface area contributed by atoms with Gasteiger partial charge in [-0.1, -0.05) is 91.0 Å². The van der Waals surface area contributed by atoms with Crippen molar-refractivity contribution in [1.82, 2.24) is 0 Å². The van der Waals surface area contributed by atoms with Crippen molar-refractivity contribution in [2.45, 2.75) is 25.4 Å². The number of rotatable bonds is 6. The Balaban J connectivity index is 0.000000391. The van der Waals surface area contributed by atoms with Crippen LogP contribution in [0.3, 0.4) is 0 Å². The zero-order chi connectivity index (χ0) is 21.8. The number of carbonyl (C=O) groups excluding carboxylic acids is 1. The average molecular weight is 419 g/mol. The molecule has 4 rings (SSSR count). The Morgan fingerprint density at radius 3 is 2.06 bits per heavy atom. The second-order valence-corrected chi connectivity index (χ2v) is 7.25. The Kier molecular flexibility index (Phi) is 8.83. The van der Waals surface area contributed by atoms with Crippen LogP contribution in [0.2, 0.25) is 0 Å². The number of benzene rings is 3. The molecule has 1 atom stereocenters. The second-order valence-electron chi connectivity index (χ2n) is 7.25. The zero-order valence-corrected chi connectivity index (χ0v) is 18.0. The molecule has 3 aromatic rings. The van der Waals surface area contributed by atoms with Crippen molar-refractivity contribution in [2.75, 3.05) is 26.4 Å². The number of ether oxygens (including phenoxy) is 3. The largest absolute Gasteiger partial charge is 0.464 e. The van der Waals surface area contributed by atoms with E-state index in [4.69, 9.17) is 14.2 Å². The maximum absolute atomic E-state index is 12.7. The zero-order valence-electron chi connectivity index (χ0n) is 18.0. The third-order valence-corrected chi connectivity index (χ3v) is 5.13. The third kappa shape index (κ3) is 6.27. The normalized spacial score (nSPS) is 17.8. The predicted octanol–water partition coefficient (Wildman–Crippen LogP) is 4.96. The van der Waals surface area contributed by atoms with Gasteiger partial charge in [-0.05, 0) is 30.9 Å². The van der Waals surface area contributed by atoms with Crippen molar-refractivity contribution in [3.8, 4) is 0 Å². The fourth-order valence-electron chi connectivity index (χ4n) is 3.60. The molecule has 31 heavy (non-hydrogen) atoms. The van der Waals surface area contributed by atoms with Gasteiger partial charge >= 0.3 is 5.97 Å². The van der Waals surface area contributed by atoms with Gasteiger partial charge in [0, 0.05) is 5.56 Å². The summed E-state index contributed by atoms with van der Waals surface area (Å²) < 4.78 is 16.9. The number of hydrogen-bond acceptors (Lipinski definition) is 4. The standard InChI is InChI=1S/C21H24O4.C6H6/c1-2-24-20(22)21(16-23-14-15-25-21)19-11-7-6-10-18(19)13-12-17-8-4-3-5-9-17;1-2-4-6-5-3-1/h3-11H,2,12-16H2,1H3;1-6H. The molecule has 0 radical (unpaired) electrons. The van der Waals surface area contributed by atoms with Gasteiger partial charge in [0.05, 0.1) is 26.4 Å². The molecule has 4 heteroatoms. The van der Waals surface area contributed by atoms with Gasteiger partial charge in [-0.15, -0.1) is 0 Å². The number of aryl methyl sites for hydroxylation is 2. The molecule has 1 aliphatic heterocycles. The predicted molar refractivity (Wildman–Crippen MR) is 122 cm³/mol. The summed E-state index contributed by atoms with van der Waals surface area (Å²) in [6, 6.07) is 30.3. The number of carbonyl (C=O) groups is 1. The summed E-state index contributed by atoms with van der Waals surface area (Å²) in [5.74, 6) is -0.373. The minimum atomic E-state index is -1.17. The van der Waals surface area contributed by atoms with Crippen molar-refractivity contribution < 1.29 is 19.0 Å². The molecule has 4 nitrogen and oxygen atoms in total. The fraction of sp³-hybridized carbons (Fsp3) is 0.296. The van der Waals surface area contributed by atoms with Gasteiger partial charge in [0.2, 0.25) is 5.60 Å². The highest BCUT2D eigenvalue weighted by Crippen LogP contribution is 2.33. The third-order valence-electron chi connectivity index (χ3n) is 5.13. The van der Waals surface area contributed by atoms with Crippen molar-refractivity contribution in [3.63, 3.8) is 0 Å². The minimum Gasteiger partial charge on any atom is -0.464 e. The molecule has 0 amide bonds. The Hall–Kier alpha value is -2.95. The summed E-state index contributed by atoms with van der Waals surface area (Å²) >= 11 is 0. The molecule has 1 aliphatic rings. The summed E-state index contributed by atoms with van der Waals surface area (Å²) in [7, 11) is 0. The first-order chi connectivity index (χ1) is 15.3. The van der Waals surface area contributed by atoms with Crippen LogP contribution < -0.4 is 0 Å². The molecule has 0 saturated carbocycles. The molecule has 1 saturated heterocycles. The molecule has 0 bridgehead atoms. The van der Waals surface area contributed by atoms with E-state index >= 15 is 0 Å². The lowest BCUT2D eigenvalue weighted by Gasteiger charge is -2.36. The first-order valence-electron chi connectivity index (χ1n) is 10.8. The summed E-state index contributed by atoms with van der Waals surface area (Å²) in [6.07, 6.45) is 1.72. The van der Waals surface area contributed by atoms with Crippen LogP contribution in [0, 0.1) is 0 Å². The van der Waals surface area contributed by atoms with Crippen LogP contribution in [-0.2, 0) is 37.4 Å². The van der Waals surface area contributed by atoms with E-state index in [1.54, 1.807) is 6.92 Å². The van der Waals surface area contributed by atoms with Crippen molar-refractivity contribution >= 4 is 5.97 Å². The maximum atomic E-state index is 12.7. The summed E-state index contributed by atoms with van der Waals surface area (Å²) in [5, 5.41) is 0. The smallest absolute Gasteiger partial charge is 0.345 e. The Morgan fingerprint density at radius 1 is 0.839 bits per heavy atom. The maximum Gasteiger partial charge on any atom is 0.345 e. The van der Waals surface area contributed by atoms with E-state index in [-0.39, 0.29) is 12.6 Å². The van der Waals surface area contributed by atoms with E-state index in [2.05, 4.69) is 18.2 Å². The molecule has 0 N–H and O–H groups in total. The van der Waals surface area contributed by atoms with E-state index in [0.717, 1.165) is 24.0 Å². The summed E-state index contributed by atoms with van der Waals surface area (Å²) in [6.45, 7) is 3.18. The van der Waals surface area contributed by atoms with Gasteiger partial charge in [-0.25, -0.2) is 4.79 Å². The van der Waals surface area contributed by atoms with Gasteiger partial charge in [-0.2, -0.15) is 0 Å². The van der Waals surface area contributed by atoms with Gasteiger partial charge in [-0.3, -0.25) is 0 Å². The Bertz CT molecular complexity index is 876. The Labute approximate surface area is 184 Å². The molecule has 1 heterocycles. The lowest BCUT2D eigenvalue weighted by atomic mass is 9.87. The highest BCUT2D eigenvalue weighted by Gasteiger charge is 2.46. The first kappa shape index (κ1) is 22.7. The quantitative estimate of drug-likeness (QED) is 0.531. The molecule has 1 unspecified atom stereocenters. The van der Waals surface area contributed by atoms with E-state index in [0.29, 0.717) is 19.8 Å². The van der Waals surface area contributed by atoms with E-state index in [9.17, 15) is 4.79 Å². The molecule has 162 valence electrons.